The number of nitro groups is 1. The van der Waals surface area contributed by atoms with Crippen LogP contribution in [-0.2, 0) is 12.8 Å². The van der Waals surface area contributed by atoms with Crippen LogP contribution in [0.15, 0.2) is 12.1 Å². The van der Waals surface area contributed by atoms with E-state index in [9.17, 15) is 15.2 Å². The van der Waals surface area contributed by atoms with Crippen molar-refractivity contribution in [2.24, 2.45) is 0 Å². The van der Waals surface area contributed by atoms with Gasteiger partial charge >= 0.3 is 0 Å². The second-order valence-corrected chi connectivity index (χ2v) is 3.03. The van der Waals surface area contributed by atoms with Crippen LogP contribution in [0, 0.1) is 10.1 Å². The molecule has 14 heavy (non-hydrogen) atoms. The molecule has 0 bridgehead atoms. The molecule has 0 aliphatic heterocycles. The third kappa shape index (κ3) is 1.69. The Morgan fingerprint density at radius 3 is 2.29 bits per heavy atom. The van der Waals surface area contributed by atoms with E-state index in [0.29, 0.717) is 24.0 Å². The van der Waals surface area contributed by atoms with E-state index < -0.39 is 4.92 Å². The minimum Gasteiger partial charge on any atom is -0.508 e. The fourth-order valence-electron chi connectivity index (χ4n) is 1.63. The first-order valence-electron chi connectivity index (χ1n) is 4.59. The zero-order valence-electron chi connectivity index (χ0n) is 8.28. The highest BCUT2D eigenvalue weighted by Crippen LogP contribution is 2.30. The third-order valence-electron chi connectivity index (χ3n) is 2.29. The van der Waals surface area contributed by atoms with Crippen molar-refractivity contribution in [3.63, 3.8) is 0 Å². The van der Waals surface area contributed by atoms with Crippen LogP contribution in [-0.4, -0.2) is 10.0 Å². The Morgan fingerprint density at radius 2 is 1.86 bits per heavy atom. The van der Waals surface area contributed by atoms with Gasteiger partial charge in [0.1, 0.15) is 5.75 Å². The lowest BCUT2D eigenvalue weighted by atomic mass is 10.00. The molecular formula is C10H13NO3. The van der Waals surface area contributed by atoms with Crippen LogP contribution in [0.25, 0.3) is 0 Å². The normalized spacial score (nSPS) is 10.1. The number of hydrogen-bond acceptors (Lipinski definition) is 3. The molecule has 1 aromatic rings. The van der Waals surface area contributed by atoms with Crippen LogP contribution in [0.2, 0.25) is 0 Å². The molecule has 0 aliphatic rings. The van der Waals surface area contributed by atoms with Crippen molar-refractivity contribution in [3.8, 4) is 5.75 Å². The van der Waals surface area contributed by atoms with E-state index in [0.717, 1.165) is 0 Å². The van der Waals surface area contributed by atoms with Gasteiger partial charge in [-0.15, -0.1) is 0 Å². The summed E-state index contributed by atoms with van der Waals surface area (Å²) < 4.78 is 0. The van der Waals surface area contributed by atoms with Crippen molar-refractivity contribution >= 4 is 5.69 Å². The molecule has 0 spiro atoms. The lowest BCUT2D eigenvalue weighted by Gasteiger charge is -2.08. The molecule has 4 heteroatoms. The van der Waals surface area contributed by atoms with Gasteiger partial charge in [-0.1, -0.05) is 13.8 Å². The van der Waals surface area contributed by atoms with Gasteiger partial charge in [0.25, 0.3) is 5.69 Å². The molecule has 1 aromatic carbocycles. The summed E-state index contributed by atoms with van der Waals surface area (Å²) in [5, 5.41) is 20.2. The molecule has 0 fully saturated rings. The van der Waals surface area contributed by atoms with Crippen LogP contribution in [0.4, 0.5) is 5.69 Å². The zero-order chi connectivity index (χ0) is 10.7. The smallest absolute Gasteiger partial charge is 0.273 e. The molecule has 0 aromatic heterocycles. The molecule has 1 rings (SSSR count). The second kappa shape index (κ2) is 4.09. The number of phenolic OH excluding ortho intramolecular Hbond substituents is 1. The second-order valence-electron chi connectivity index (χ2n) is 3.03. The van der Waals surface area contributed by atoms with E-state index >= 15 is 0 Å². The Balaban J connectivity index is 3.40. The van der Waals surface area contributed by atoms with Crippen molar-refractivity contribution in [2.45, 2.75) is 26.7 Å². The molecule has 0 heterocycles. The Bertz CT molecular complexity index is 361. The first-order valence-corrected chi connectivity index (χ1v) is 4.59. The van der Waals surface area contributed by atoms with E-state index in [1.807, 2.05) is 13.8 Å². The number of benzene rings is 1. The molecule has 0 atom stereocenters. The molecule has 76 valence electrons. The SMILES string of the molecule is CCc1c(O)ccc([N+](=O)[O-])c1CC. The average Bonchev–Trinajstić information content (AvgIpc) is 2.16. The van der Waals surface area contributed by atoms with Gasteiger partial charge in [-0.2, -0.15) is 0 Å². The van der Waals surface area contributed by atoms with Gasteiger partial charge in [-0.3, -0.25) is 10.1 Å². The van der Waals surface area contributed by atoms with E-state index in [2.05, 4.69) is 0 Å². The summed E-state index contributed by atoms with van der Waals surface area (Å²) in [5.41, 5.74) is 1.42. The number of nitro benzene ring substituents is 1. The largest absolute Gasteiger partial charge is 0.508 e. The van der Waals surface area contributed by atoms with Crippen molar-refractivity contribution in [2.75, 3.05) is 0 Å². The van der Waals surface area contributed by atoms with E-state index in [4.69, 9.17) is 0 Å². The summed E-state index contributed by atoms with van der Waals surface area (Å²) in [6.45, 7) is 3.72. The molecule has 0 saturated heterocycles. The van der Waals surface area contributed by atoms with E-state index in [-0.39, 0.29) is 11.4 Å². The fraction of sp³-hybridized carbons (Fsp3) is 0.400. The lowest BCUT2D eigenvalue weighted by molar-refractivity contribution is -0.385. The Labute approximate surface area is 82.3 Å². The highest BCUT2D eigenvalue weighted by atomic mass is 16.6. The third-order valence-corrected chi connectivity index (χ3v) is 2.29. The summed E-state index contributed by atoms with van der Waals surface area (Å²) in [7, 11) is 0. The highest BCUT2D eigenvalue weighted by molar-refractivity contribution is 5.51. The molecule has 4 nitrogen and oxygen atoms in total. The van der Waals surface area contributed by atoms with Gasteiger partial charge < -0.3 is 5.11 Å². The summed E-state index contributed by atoms with van der Waals surface area (Å²) in [6, 6.07) is 2.74. The maximum Gasteiger partial charge on any atom is 0.273 e. The lowest BCUT2D eigenvalue weighted by Crippen LogP contribution is -1.99. The van der Waals surface area contributed by atoms with Gasteiger partial charge in [-0.25, -0.2) is 0 Å². The Hall–Kier alpha value is -1.58. The number of rotatable bonds is 3. The Kier molecular flexibility index (Phi) is 3.06. The molecule has 1 N–H and O–H groups in total. The number of nitrogens with zero attached hydrogens (tertiary/aromatic N) is 1. The quantitative estimate of drug-likeness (QED) is 0.595. The minimum absolute atomic E-state index is 0.0992. The maximum atomic E-state index is 10.7. The molecule has 0 aliphatic carbocycles. The summed E-state index contributed by atoms with van der Waals surface area (Å²) in [4.78, 5) is 10.3. The zero-order valence-corrected chi connectivity index (χ0v) is 8.28. The summed E-state index contributed by atoms with van der Waals surface area (Å²) in [5.74, 6) is 0.148. The molecule has 0 radical (unpaired) electrons. The monoisotopic (exact) mass is 195 g/mol. The van der Waals surface area contributed by atoms with Gasteiger partial charge in [0.2, 0.25) is 0 Å². The topological polar surface area (TPSA) is 63.4 Å². The Morgan fingerprint density at radius 1 is 1.29 bits per heavy atom. The van der Waals surface area contributed by atoms with Crippen LogP contribution in [0.5, 0.6) is 5.75 Å². The van der Waals surface area contributed by atoms with Gasteiger partial charge in [0.05, 0.1) is 4.92 Å². The molecule has 0 amide bonds. The molecular weight excluding hydrogens is 182 g/mol. The fourth-order valence-corrected chi connectivity index (χ4v) is 1.63. The number of aromatic hydroxyl groups is 1. The van der Waals surface area contributed by atoms with Crippen LogP contribution in [0.1, 0.15) is 25.0 Å². The van der Waals surface area contributed by atoms with Crippen molar-refractivity contribution in [1.29, 1.82) is 0 Å². The maximum absolute atomic E-state index is 10.7. The number of phenols is 1. The van der Waals surface area contributed by atoms with Crippen molar-refractivity contribution in [3.05, 3.63) is 33.4 Å². The van der Waals surface area contributed by atoms with E-state index in [1.54, 1.807) is 0 Å². The first-order chi connectivity index (χ1) is 6.61. The predicted octanol–water partition coefficient (Wildman–Crippen LogP) is 2.43. The average molecular weight is 195 g/mol. The minimum atomic E-state index is -0.405. The standard InChI is InChI=1S/C10H13NO3/c1-3-7-8(4-2)10(12)6-5-9(7)11(13)14/h5-6,12H,3-4H2,1-2H3. The van der Waals surface area contributed by atoms with Crippen LogP contribution in [0.3, 0.4) is 0 Å². The van der Waals surface area contributed by atoms with Gasteiger partial charge in [0, 0.05) is 17.2 Å². The summed E-state index contributed by atoms with van der Waals surface area (Å²) in [6.07, 6.45) is 1.17. The summed E-state index contributed by atoms with van der Waals surface area (Å²) >= 11 is 0. The molecule has 0 unspecified atom stereocenters. The van der Waals surface area contributed by atoms with Gasteiger partial charge in [0.15, 0.2) is 0 Å². The van der Waals surface area contributed by atoms with Crippen LogP contribution >= 0.6 is 0 Å². The van der Waals surface area contributed by atoms with E-state index in [1.165, 1.54) is 12.1 Å². The van der Waals surface area contributed by atoms with Crippen molar-refractivity contribution < 1.29 is 10.0 Å². The predicted molar refractivity (Wildman–Crippen MR) is 53.5 cm³/mol. The van der Waals surface area contributed by atoms with Crippen LogP contribution < -0.4 is 0 Å². The first kappa shape index (κ1) is 10.5. The molecule has 0 saturated carbocycles. The van der Waals surface area contributed by atoms with Crippen molar-refractivity contribution in [1.82, 2.24) is 0 Å². The highest BCUT2D eigenvalue weighted by Gasteiger charge is 2.17. The number of hydrogen-bond donors (Lipinski definition) is 1. The van der Waals surface area contributed by atoms with Gasteiger partial charge in [-0.05, 0) is 18.9 Å².